The van der Waals surface area contributed by atoms with Gasteiger partial charge in [-0.05, 0) is 141 Å². The molecule has 0 spiro atoms. The van der Waals surface area contributed by atoms with Crippen LogP contribution in [0.3, 0.4) is 0 Å². The van der Waals surface area contributed by atoms with E-state index in [0.717, 1.165) is 22.7 Å². The van der Waals surface area contributed by atoms with Crippen molar-refractivity contribution < 1.29 is 0 Å². The predicted molar refractivity (Wildman–Crippen MR) is 269 cm³/mol. The van der Waals surface area contributed by atoms with Gasteiger partial charge in [-0.3, -0.25) is 0 Å². The van der Waals surface area contributed by atoms with Gasteiger partial charge < -0.3 is 14.6 Å². The molecule has 0 N–H and O–H groups in total. The monoisotopic (exact) mass is 809 g/mol. The Kier molecular flexibility index (Phi) is 9.39. The molecule has 0 unspecified atom stereocenters. The average molecular weight is 810 g/mol. The van der Waals surface area contributed by atoms with E-state index in [1.54, 1.807) is 0 Å². The number of anilines is 8. The quantitative estimate of drug-likeness (QED) is 0.149. The molecule has 2 aliphatic rings. The first kappa shape index (κ1) is 38.4. The number of para-hydroxylation sites is 3. The van der Waals surface area contributed by atoms with Crippen LogP contribution in [0.5, 0.6) is 0 Å². The van der Waals surface area contributed by atoms with Crippen molar-refractivity contribution in [2.75, 3.05) is 14.6 Å². The number of hydrogen-bond acceptors (Lipinski definition) is 3. The molecule has 63 heavy (non-hydrogen) atoms. The van der Waals surface area contributed by atoms with Gasteiger partial charge in [0.15, 0.2) is 0 Å². The van der Waals surface area contributed by atoms with Gasteiger partial charge in [0.25, 0.3) is 0 Å². The summed E-state index contributed by atoms with van der Waals surface area (Å²) in [5.41, 5.74) is 21.6. The Hall–Kier alpha value is -7.56. The Morgan fingerprint density at radius 2 is 0.984 bits per heavy atom. The number of fused-ring (bicyclic) bond motifs is 4. The second kappa shape index (κ2) is 15.4. The van der Waals surface area contributed by atoms with Crippen LogP contribution in [0.15, 0.2) is 218 Å². The molecule has 0 aromatic heterocycles. The SMILES string of the molecule is Cc1cc(-c2ccccc2)ccc1N1c2ccc(N(c3ccccc3)c3ccccc3)cc2B2c3c(cc(C(C)(C)C)cc31)-c1ccccc1N2c1cccc(-c2ccccc2)c1. The fraction of sp³-hybridized carbons (Fsp3) is 0.0847. The van der Waals surface area contributed by atoms with E-state index in [1.165, 1.54) is 78.2 Å². The minimum absolute atomic E-state index is 0.0923. The van der Waals surface area contributed by atoms with Crippen LogP contribution in [-0.4, -0.2) is 6.85 Å². The second-order valence-electron chi connectivity index (χ2n) is 17.9. The molecule has 302 valence electrons. The van der Waals surface area contributed by atoms with Gasteiger partial charge in [0.1, 0.15) is 0 Å². The lowest BCUT2D eigenvalue weighted by molar-refractivity contribution is 0.590. The van der Waals surface area contributed by atoms with Gasteiger partial charge >= 0.3 is 6.85 Å². The van der Waals surface area contributed by atoms with E-state index in [9.17, 15) is 0 Å². The summed E-state index contributed by atoms with van der Waals surface area (Å²) in [5, 5.41) is 0. The van der Waals surface area contributed by atoms with Crippen molar-refractivity contribution in [3.05, 3.63) is 230 Å². The fourth-order valence-electron chi connectivity index (χ4n) is 9.81. The van der Waals surface area contributed by atoms with Gasteiger partial charge in [0, 0.05) is 51.1 Å². The minimum Gasteiger partial charge on any atom is -0.376 e. The minimum atomic E-state index is -0.145. The van der Waals surface area contributed by atoms with Crippen LogP contribution in [0.1, 0.15) is 31.9 Å². The smallest absolute Gasteiger partial charge is 0.333 e. The lowest BCUT2D eigenvalue weighted by atomic mass is 9.43. The highest BCUT2D eigenvalue weighted by atomic mass is 15.2. The molecular weight excluding hydrogens is 761 g/mol. The van der Waals surface area contributed by atoms with Crippen molar-refractivity contribution in [2.24, 2.45) is 0 Å². The zero-order valence-corrected chi connectivity index (χ0v) is 36.2. The van der Waals surface area contributed by atoms with Gasteiger partial charge in [-0.1, -0.05) is 160 Å². The first-order chi connectivity index (χ1) is 30.8. The van der Waals surface area contributed by atoms with Crippen LogP contribution in [-0.2, 0) is 5.41 Å². The molecule has 0 radical (unpaired) electrons. The molecule has 3 nitrogen and oxygen atoms in total. The topological polar surface area (TPSA) is 9.72 Å². The van der Waals surface area contributed by atoms with E-state index in [-0.39, 0.29) is 12.3 Å². The Bertz CT molecular complexity index is 3080. The highest BCUT2D eigenvalue weighted by molar-refractivity contribution is 6.93. The lowest BCUT2D eigenvalue weighted by Crippen LogP contribution is -2.61. The zero-order valence-electron chi connectivity index (χ0n) is 36.2. The highest BCUT2D eigenvalue weighted by Gasteiger charge is 2.46. The maximum absolute atomic E-state index is 2.62. The van der Waals surface area contributed by atoms with E-state index < -0.39 is 0 Å². The summed E-state index contributed by atoms with van der Waals surface area (Å²) < 4.78 is 0. The second-order valence-corrected chi connectivity index (χ2v) is 17.9. The van der Waals surface area contributed by atoms with E-state index >= 15 is 0 Å². The molecule has 0 atom stereocenters. The van der Waals surface area contributed by atoms with Crippen LogP contribution in [0.2, 0.25) is 0 Å². The summed E-state index contributed by atoms with van der Waals surface area (Å²) in [7, 11) is 0. The third kappa shape index (κ3) is 6.71. The Balaban J connectivity index is 1.22. The van der Waals surface area contributed by atoms with Crippen molar-refractivity contribution in [1.82, 2.24) is 0 Å². The molecule has 9 aromatic rings. The number of rotatable bonds is 7. The van der Waals surface area contributed by atoms with Crippen molar-refractivity contribution in [3.8, 4) is 33.4 Å². The van der Waals surface area contributed by atoms with Gasteiger partial charge in [-0.2, -0.15) is 0 Å². The van der Waals surface area contributed by atoms with E-state index in [1.807, 2.05) is 0 Å². The molecule has 9 aromatic carbocycles. The maximum Gasteiger partial charge on any atom is 0.333 e. The first-order valence-corrected chi connectivity index (χ1v) is 22.0. The third-order valence-corrected chi connectivity index (χ3v) is 12.9. The number of nitrogens with zero attached hydrogens (tertiary/aromatic N) is 3. The zero-order chi connectivity index (χ0) is 42.7. The van der Waals surface area contributed by atoms with Gasteiger partial charge in [-0.25, -0.2) is 0 Å². The normalized spacial score (nSPS) is 12.7. The molecule has 0 bridgehead atoms. The maximum atomic E-state index is 2.62. The fourth-order valence-corrected chi connectivity index (χ4v) is 9.81. The highest BCUT2D eigenvalue weighted by Crippen LogP contribution is 2.49. The largest absolute Gasteiger partial charge is 0.376 e. The molecule has 0 aliphatic carbocycles. The molecule has 0 fully saturated rings. The van der Waals surface area contributed by atoms with Gasteiger partial charge in [0.05, 0.1) is 0 Å². The van der Waals surface area contributed by atoms with Crippen LogP contribution < -0.4 is 25.5 Å². The summed E-state index contributed by atoms with van der Waals surface area (Å²) in [6.45, 7) is 9.14. The number of aryl methyl sites for hydroxylation is 1. The van der Waals surface area contributed by atoms with Gasteiger partial charge in [0.2, 0.25) is 0 Å². The summed E-state index contributed by atoms with van der Waals surface area (Å²) >= 11 is 0. The standard InChI is InChI=1S/C59H48BN3/c1-41-36-45(43-22-11-6-12-23-43)32-34-54(41)62-56-35-33-49(61(47-25-13-7-14-26-47)48-27-15-8-16-28-48)40-53(56)60-58-52(38-46(39-57(58)62)59(2,3)4)51-30-17-18-31-55(51)63(60)50-29-19-24-44(37-50)42-20-9-5-10-21-42/h5-40H,1-4H3. The first-order valence-electron chi connectivity index (χ1n) is 22.0. The molecule has 2 heterocycles. The predicted octanol–water partition coefficient (Wildman–Crippen LogP) is 14.8. The van der Waals surface area contributed by atoms with Crippen molar-refractivity contribution in [1.29, 1.82) is 0 Å². The number of benzene rings is 9. The molecule has 0 saturated carbocycles. The van der Waals surface area contributed by atoms with E-state index in [0.29, 0.717) is 0 Å². The van der Waals surface area contributed by atoms with Crippen molar-refractivity contribution in [2.45, 2.75) is 33.1 Å². The molecule has 0 saturated heterocycles. The van der Waals surface area contributed by atoms with Crippen LogP contribution in [0.4, 0.5) is 45.5 Å². The van der Waals surface area contributed by atoms with E-state index in [4.69, 9.17) is 0 Å². The Labute approximate surface area is 372 Å². The summed E-state index contributed by atoms with van der Waals surface area (Å²) in [6, 6.07) is 80.3. The van der Waals surface area contributed by atoms with Crippen LogP contribution >= 0.6 is 0 Å². The average Bonchev–Trinajstić information content (AvgIpc) is 3.33. The molecule has 2 aliphatic heterocycles. The van der Waals surface area contributed by atoms with E-state index in [2.05, 4.69) is 261 Å². The third-order valence-electron chi connectivity index (χ3n) is 12.9. The summed E-state index contributed by atoms with van der Waals surface area (Å²) in [4.78, 5) is 7.57. The molecular formula is C59H48BN3. The summed E-state index contributed by atoms with van der Waals surface area (Å²) in [6.07, 6.45) is 0. The number of hydrogen-bond donors (Lipinski definition) is 0. The lowest BCUT2D eigenvalue weighted by Gasteiger charge is -2.47. The van der Waals surface area contributed by atoms with Crippen LogP contribution in [0.25, 0.3) is 33.4 Å². The molecule has 0 amide bonds. The molecule has 11 rings (SSSR count). The van der Waals surface area contributed by atoms with Crippen LogP contribution in [0, 0.1) is 6.92 Å². The Morgan fingerprint density at radius 1 is 0.413 bits per heavy atom. The Morgan fingerprint density at radius 3 is 1.62 bits per heavy atom. The molecule has 4 heteroatoms. The van der Waals surface area contributed by atoms with Crippen molar-refractivity contribution in [3.63, 3.8) is 0 Å². The van der Waals surface area contributed by atoms with Crippen molar-refractivity contribution >= 4 is 63.3 Å². The van der Waals surface area contributed by atoms with Gasteiger partial charge in [-0.15, -0.1) is 0 Å². The summed E-state index contributed by atoms with van der Waals surface area (Å²) in [5.74, 6) is 0.